The Hall–Kier alpha value is -4.24. The Morgan fingerprint density at radius 2 is 1.89 bits per heavy atom. The van der Waals surface area contributed by atoms with Crippen LogP contribution in [0.5, 0.6) is 5.88 Å². The van der Waals surface area contributed by atoms with Crippen LogP contribution < -0.4 is 10.1 Å². The summed E-state index contributed by atoms with van der Waals surface area (Å²) in [6.07, 6.45) is -0.363. The Bertz CT molecular complexity index is 1160. The second-order valence-corrected chi connectivity index (χ2v) is 8.70. The van der Waals surface area contributed by atoms with E-state index in [-0.39, 0.29) is 62.6 Å². The highest BCUT2D eigenvalue weighted by Crippen LogP contribution is 2.22. The number of carbonyl (C=O) groups excluding carboxylic acids is 2. The third-order valence-corrected chi connectivity index (χ3v) is 6.15. The molecule has 2 fully saturated rings. The molecular weight excluding hydrogens is 480 g/mol. The maximum atomic E-state index is 13.3. The Morgan fingerprint density at radius 1 is 1.16 bits per heavy atom. The molecular formula is C25H28N6O6. The van der Waals surface area contributed by atoms with Crippen LogP contribution in [0.15, 0.2) is 36.4 Å². The number of nitriles is 1. The quantitative estimate of drug-likeness (QED) is 0.539. The molecule has 0 spiro atoms. The summed E-state index contributed by atoms with van der Waals surface area (Å²) in [5.74, 6) is -0.454. The standard InChI is InChI=1S/C25H28N6O6/c26-9-4-7-19(24(33)30-10-12-31(13-11-30)25(34)35)28-23(32)20-15-21(37-18-8-14-36-16-18)29-22(27-20)17-5-2-1-3-6-17/h1-3,5-6,15,18-19H,4,7-8,10-14,16H2,(H,28,32)(H,34,35)/t18-,19-/m0/s1. The molecule has 2 aromatic rings. The summed E-state index contributed by atoms with van der Waals surface area (Å²) in [7, 11) is 0. The van der Waals surface area contributed by atoms with E-state index < -0.39 is 18.0 Å². The number of nitrogens with one attached hydrogen (secondary N) is 1. The van der Waals surface area contributed by atoms with Crippen molar-refractivity contribution in [2.75, 3.05) is 39.4 Å². The topological polar surface area (TPSA) is 158 Å². The Balaban J connectivity index is 1.54. The summed E-state index contributed by atoms with van der Waals surface area (Å²) >= 11 is 0. The highest BCUT2D eigenvalue weighted by molar-refractivity contribution is 5.96. The van der Waals surface area contributed by atoms with Crippen LogP contribution in [-0.4, -0.2) is 94.3 Å². The van der Waals surface area contributed by atoms with Crippen LogP contribution in [0.2, 0.25) is 0 Å². The highest BCUT2D eigenvalue weighted by atomic mass is 16.5. The van der Waals surface area contributed by atoms with Gasteiger partial charge in [0, 0.05) is 50.7 Å². The minimum atomic E-state index is -1.04. The van der Waals surface area contributed by atoms with Crippen LogP contribution >= 0.6 is 0 Å². The minimum absolute atomic E-state index is 0.0215. The average molecular weight is 509 g/mol. The molecule has 194 valence electrons. The predicted molar refractivity (Wildman–Crippen MR) is 130 cm³/mol. The van der Waals surface area contributed by atoms with E-state index in [1.54, 1.807) is 0 Å². The zero-order valence-electron chi connectivity index (χ0n) is 20.2. The maximum Gasteiger partial charge on any atom is 0.407 e. The number of carbonyl (C=O) groups is 3. The van der Waals surface area contributed by atoms with Crippen LogP contribution in [0.25, 0.3) is 11.4 Å². The van der Waals surface area contributed by atoms with Crippen molar-refractivity contribution in [1.82, 2.24) is 25.1 Å². The molecule has 3 amide bonds. The summed E-state index contributed by atoms with van der Waals surface area (Å²) < 4.78 is 11.3. The molecule has 2 atom stereocenters. The molecule has 2 saturated heterocycles. The molecule has 0 bridgehead atoms. The molecule has 1 aromatic heterocycles. The van der Waals surface area contributed by atoms with E-state index in [9.17, 15) is 14.4 Å². The predicted octanol–water partition coefficient (Wildman–Crippen LogP) is 1.54. The van der Waals surface area contributed by atoms with E-state index >= 15 is 0 Å². The van der Waals surface area contributed by atoms with Gasteiger partial charge in [-0.15, -0.1) is 0 Å². The van der Waals surface area contributed by atoms with Gasteiger partial charge in [0.25, 0.3) is 5.91 Å². The first-order valence-electron chi connectivity index (χ1n) is 12.1. The molecule has 2 aliphatic heterocycles. The smallest absolute Gasteiger partial charge is 0.407 e. The van der Waals surface area contributed by atoms with Gasteiger partial charge in [0.2, 0.25) is 11.8 Å². The van der Waals surface area contributed by atoms with E-state index in [1.165, 1.54) is 15.9 Å². The first-order valence-corrected chi connectivity index (χ1v) is 12.1. The monoisotopic (exact) mass is 508 g/mol. The summed E-state index contributed by atoms with van der Waals surface area (Å²) in [6.45, 7) is 1.77. The van der Waals surface area contributed by atoms with Crippen molar-refractivity contribution in [3.8, 4) is 23.3 Å². The number of nitrogens with zero attached hydrogens (tertiary/aromatic N) is 5. The Morgan fingerprint density at radius 3 is 2.54 bits per heavy atom. The number of piperazine rings is 1. The third-order valence-electron chi connectivity index (χ3n) is 6.15. The lowest BCUT2D eigenvalue weighted by atomic mass is 10.1. The minimum Gasteiger partial charge on any atom is -0.472 e. The first kappa shape index (κ1) is 25.8. The zero-order valence-corrected chi connectivity index (χ0v) is 20.2. The molecule has 12 nitrogen and oxygen atoms in total. The van der Waals surface area contributed by atoms with Crippen molar-refractivity contribution in [1.29, 1.82) is 5.26 Å². The summed E-state index contributed by atoms with van der Waals surface area (Å²) in [5, 5.41) is 20.9. The zero-order chi connectivity index (χ0) is 26.2. The lowest BCUT2D eigenvalue weighted by molar-refractivity contribution is -0.135. The Kier molecular flexibility index (Phi) is 8.48. The molecule has 3 heterocycles. The fraction of sp³-hybridized carbons (Fsp3) is 0.440. The van der Waals surface area contributed by atoms with Gasteiger partial charge in [-0.25, -0.2) is 9.78 Å². The highest BCUT2D eigenvalue weighted by Gasteiger charge is 2.30. The molecule has 0 unspecified atom stereocenters. The number of ether oxygens (including phenoxy) is 2. The molecule has 1 aromatic carbocycles. The third kappa shape index (κ3) is 6.71. The van der Waals surface area contributed by atoms with Gasteiger partial charge >= 0.3 is 6.09 Å². The normalized spacial score (nSPS) is 18.1. The van der Waals surface area contributed by atoms with E-state index in [4.69, 9.17) is 19.8 Å². The molecule has 12 heteroatoms. The van der Waals surface area contributed by atoms with E-state index in [0.29, 0.717) is 31.0 Å². The van der Waals surface area contributed by atoms with Crippen LogP contribution in [0, 0.1) is 11.3 Å². The van der Waals surface area contributed by atoms with Gasteiger partial charge in [-0.1, -0.05) is 30.3 Å². The summed E-state index contributed by atoms with van der Waals surface area (Å²) in [6, 6.07) is 11.6. The van der Waals surface area contributed by atoms with Crippen molar-refractivity contribution in [3.05, 3.63) is 42.1 Å². The fourth-order valence-corrected chi connectivity index (χ4v) is 4.13. The van der Waals surface area contributed by atoms with Gasteiger partial charge in [-0.3, -0.25) is 9.59 Å². The van der Waals surface area contributed by atoms with Crippen molar-refractivity contribution < 1.29 is 29.0 Å². The number of benzene rings is 1. The van der Waals surface area contributed by atoms with Crippen LogP contribution in [0.3, 0.4) is 0 Å². The van der Waals surface area contributed by atoms with Crippen molar-refractivity contribution in [2.24, 2.45) is 0 Å². The van der Waals surface area contributed by atoms with Crippen molar-refractivity contribution in [2.45, 2.75) is 31.4 Å². The van der Waals surface area contributed by atoms with Crippen molar-refractivity contribution in [3.63, 3.8) is 0 Å². The van der Waals surface area contributed by atoms with Gasteiger partial charge in [-0.05, 0) is 6.42 Å². The van der Waals surface area contributed by atoms with Gasteiger partial charge in [0.15, 0.2) is 5.82 Å². The fourth-order valence-electron chi connectivity index (χ4n) is 4.13. The summed E-state index contributed by atoms with van der Waals surface area (Å²) in [4.78, 5) is 49.3. The molecule has 0 aliphatic carbocycles. The van der Waals surface area contributed by atoms with E-state index in [1.807, 2.05) is 36.4 Å². The summed E-state index contributed by atoms with van der Waals surface area (Å²) in [5.41, 5.74) is 0.714. The van der Waals surface area contributed by atoms with E-state index in [0.717, 1.165) is 0 Å². The SMILES string of the molecule is N#CCC[C@H](NC(=O)c1cc(O[C@H]2CCOC2)nc(-c2ccccc2)n1)C(=O)N1CCN(C(=O)O)CC1. The number of rotatable bonds is 8. The molecule has 4 rings (SSSR count). The van der Waals surface area contributed by atoms with Gasteiger partial charge < -0.3 is 29.7 Å². The number of hydrogen-bond acceptors (Lipinski definition) is 8. The molecule has 0 radical (unpaired) electrons. The van der Waals surface area contributed by atoms with Crippen molar-refractivity contribution >= 4 is 17.9 Å². The molecule has 2 N–H and O–H groups in total. The largest absolute Gasteiger partial charge is 0.472 e. The van der Waals surface area contributed by atoms with Crippen LogP contribution in [0.4, 0.5) is 4.79 Å². The van der Waals surface area contributed by atoms with Gasteiger partial charge in [0.05, 0.1) is 19.3 Å². The first-order chi connectivity index (χ1) is 17.9. The van der Waals surface area contributed by atoms with E-state index in [2.05, 4.69) is 15.3 Å². The lowest BCUT2D eigenvalue weighted by Crippen LogP contribution is -2.55. The maximum absolute atomic E-state index is 13.3. The van der Waals surface area contributed by atoms with Crippen LogP contribution in [-0.2, 0) is 9.53 Å². The number of carboxylic acid groups (broad SMARTS) is 1. The molecule has 2 aliphatic rings. The molecule has 0 saturated carbocycles. The number of aromatic nitrogens is 2. The number of hydrogen-bond donors (Lipinski definition) is 2. The molecule has 37 heavy (non-hydrogen) atoms. The lowest BCUT2D eigenvalue weighted by Gasteiger charge is -2.35. The van der Waals surface area contributed by atoms with Gasteiger partial charge in [0.1, 0.15) is 17.8 Å². The second-order valence-electron chi connectivity index (χ2n) is 8.70. The number of amides is 3. The average Bonchev–Trinajstić information content (AvgIpc) is 3.44. The van der Waals surface area contributed by atoms with Gasteiger partial charge in [-0.2, -0.15) is 10.2 Å². The Labute approximate surface area is 213 Å². The van der Waals surface area contributed by atoms with Crippen LogP contribution in [0.1, 0.15) is 29.8 Å². The second kappa shape index (κ2) is 12.1.